The highest BCUT2D eigenvalue weighted by molar-refractivity contribution is 5.89. The topological polar surface area (TPSA) is 72.6 Å². The molecule has 0 aromatic heterocycles. The number of methoxy groups -OCH3 is 1. The van der Waals surface area contributed by atoms with E-state index in [9.17, 15) is 9.59 Å². The number of esters is 1. The molecule has 0 heterocycles. The lowest BCUT2D eigenvalue weighted by atomic mass is 9.81. The second kappa shape index (κ2) is 6.73. The Morgan fingerprint density at radius 2 is 1.89 bits per heavy atom. The largest absolute Gasteiger partial charge is 0.468 e. The first-order valence-electron chi connectivity index (χ1n) is 6.68. The Balaban J connectivity index is 2.71. The average molecular weight is 256 g/mol. The first kappa shape index (κ1) is 15.0. The Kier molecular flexibility index (Phi) is 5.59. The van der Waals surface area contributed by atoms with Crippen LogP contribution in [0.5, 0.6) is 0 Å². The molecule has 1 aliphatic rings. The highest BCUT2D eigenvalue weighted by atomic mass is 16.5. The SMILES string of the molecule is CCCN(CC(=O)OC)C(=O)C1(N)CCCCC1. The van der Waals surface area contributed by atoms with Crippen LogP contribution >= 0.6 is 0 Å². The molecule has 0 bridgehead atoms. The molecule has 2 N–H and O–H groups in total. The molecule has 0 radical (unpaired) electrons. The normalized spacial score (nSPS) is 18.2. The zero-order valence-corrected chi connectivity index (χ0v) is 11.4. The van der Waals surface area contributed by atoms with Gasteiger partial charge < -0.3 is 15.4 Å². The molecule has 0 unspecified atom stereocenters. The maximum atomic E-state index is 12.5. The summed E-state index contributed by atoms with van der Waals surface area (Å²) in [5, 5.41) is 0. The van der Waals surface area contributed by atoms with Crippen molar-refractivity contribution in [1.82, 2.24) is 4.90 Å². The number of hydrogen-bond acceptors (Lipinski definition) is 4. The summed E-state index contributed by atoms with van der Waals surface area (Å²) in [6.45, 7) is 2.52. The lowest BCUT2D eigenvalue weighted by molar-refractivity contribution is -0.149. The van der Waals surface area contributed by atoms with E-state index < -0.39 is 11.5 Å². The summed E-state index contributed by atoms with van der Waals surface area (Å²) in [6, 6.07) is 0. The molecule has 104 valence electrons. The fourth-order valence-electron chi connectivity index (χ4n) is 2.45. The third-order valence-corrected chi connectivity index (χ3v) is 3.50. The second-order valence-electron chi connectivity index (χ2n) is 5.02. The van der Waals surface area contributed by atoms with Crippen molar-refractivity contribution in [2.45, 2.75) is 51.0 Å². The summed E-state index contributed by atoms with van der Waals surface area (Å²) in [7, 11) is 1.33. The summed E-state index contributed by atoms with van der Waals surface area (Å²) in [6.07, 6.45) is 5.34. The van der Waals surface area contributed by atoms with Crippen LogP contribution in [-0.2, 0) is 14.3 Å². The van der Waals surface area contributed by atoms with Gasteiger partial charge in [-0.15, -0.1) is 0 Å². The number of ether oxygens (including phenoxy) is 1. The van der Waals surface area contributed by atoms with Crippen LogP contribution < -0.4 is 5.73 Å². The van der Waals surface area contributed by atoms with Gasteiger partial charge in [0, 0.05) is 6.54 Å². The van der Waals surface area contributed by atoms with Crippen LogP contribution in [0.15, 0.2) is 0 Å². The highest BCUT2D eigenvalue weighted by Crippen LogP contribution is 2.27. The van der Waals surface area contributed by atoms with E-state index in [0.29, 0.717) is 19.4 Å². The van der Waals surface area contributed by atoms with E-state index >= 15 is 0 Å². The van der Waals surface area contributed by atoms with Crippen molar-refractivity contribution in [3.63, 3.8) is 0 Å². The predicted molar refractivity (Wildman–Crippen MR) is 68.9 cm³/mol. The van der Waals surface area contributed by atoms with E-state index in [-0.39, 0.29) is 12.5 Å². The number of amides is 1. The van der Waals surface area contributed by atoms with Gasteiger partial charge in [0.2, 0.25) is 5.91 Å². The van der Waals surface area contributed by atoms with Crippen LogP contribution in [-0.4, -0.2) is 42.5 Å². The van der Waals surface area contributed by atoms with Crippen molar-refractivity contribution in [2.75, 3.05) is 20.2 Å². The summed E-state index contributed by atoms with van der Waals surface area (Å²) in [5.74, 6) is -0.495. The molecular weight excluding hydrogens is 232 g/mol. The summed E-state index contributed by atoms with van der Waals surface area (Å²) in [4.78, 5) is 25.3. The molecule has 0 saturated heterocycles. The Morgan fingerprint density at radius 3 is 2.39 bits per heavy atom. The lowest BCUT2D eigenvalue weighted by Gasteiger charge is -2.36. The molecule has 0 aromatic rings. The monoisotopic (exact) mass is 256 g/mol. The molecule has 1 saturated carbocycles. The molecule has 0 spiro atoms. The third-order valence-electron chi connectivity index (χ3n) is 3.50. The summed E-state index contributed by atoms with van der Waals surface area (Å²) < 4.78 is 4.62. The number of carbonyl (C=O) groups is 2. The fraction of sp³-hybridized carbons (Fsp3) is 0.846. The van der Waals surface area contributed by atoms with Gasteiger partial charge in [-0.25, -0.2) is 0 Å². The maximum Gasteiger partial charge on any atom is 0.325 e. The van der Waals surface area contributed by atoms with Gasteiger partial charge in [0.05, 0.1) is 12.6 Å². The van der Waals surface area contributed by atoms with E-state index in [0.717, 1.165) is 25.7 Å². The van der Waals surface area contributed by atoms with Gasteiger partial charge in [-0.05, 0) is 19.3 Å². The quantitative estimate of drug-likeness (QED) is 0.746. The molecule has 1 fully saturated rings. The van der Waals surface area contributed by atoms with Crippen LogP contribution in [0.1, 0.15) is 45.4 Å². The van der Waals surface area contributed by atoms with Crippen molar-refractivity contribution >= 4 is 11.9 Å². The molecule has 5 nitrogen and oxygen atoms in total. The second-order valence-corrected chi connectivity index (χ2v) is 5.02. The standard InChI is InChI=1S/C13H24N2O3/c1-3-9-15(10-11(16)18-2)12(17)13(14)7-5-4-6-8-13/h3-10,14H2,1-2H3. The zero-order chi connectivity index (χ0) is 13.6. The molecule has 0 aliphatic heterocycles. The van der Waals surface area contributed by atoms with E-state index in [1.54, 1.807) is 0 Å². The van der Waals surface area contributed by atoms with Crippen LogP contribution in [0.25, 0.3) is 0 Å². The van der Waals surface area contributed by atoms with Gasteiger partial charge in [-0.3, -0.25) is 9.59 Å². The molecule has 0 atom stereocenters. The number of rotatable bonds is 5. The van der Waals surface area contributed by atoms with Crippen molar-refractivity contribution in [3.05, 3.63) is 0 Å². The van der Waals surface area contributed by atoms with Crippen LogP contribution in [0.2, 0.25) is 0 Å². The van der Waals surface area contributed by atoms with E-state index in [1.165, 1.54) is 12.0 Å². The van der Waals surface area contributed by atoms with Crippen molar-refractivity contribution in [2.24, 2.45) is 5.73 Å². The maximum absolute atomic E-state index is 12.5. The number of nitrogens with two attached hydrogens (primary N) is 1. The molecule has 1 rings (SSSR count). The van der Waals surface area contributed by atoms with Gasteiger partial charge in [-0.2, -0.15) is 0 Å². The molecule has 5 heteroatoms. The highest BCUT2D eigenvalue weighted by Gasteiger charge is 2.38. The Morgan fingerprint density at radius 1 is 1.28 bits per heavy atom. The fourth-order valence-corrected chi connectivity index (χ4v) is 2.45. The van der Waals surface area contributed by atoms with Crippen LogP contribution in [0.3, 0.4) is 0 Å². The Hall–Kier alpha value is -1.10. The van der Waals surface area contributed by atoms with E-state index in [1.807, 2.05) is 6.92 Å². The third kappa shape index (κ3) is 3.70. The van der Waals surface area contributed by atoms with E-state index in [2.05, 4.69) is 4.74 Å². The van der Waals surface area contributed by atoms with Gasteiger partial charge >= 0.3 is 5.97 Å². The first-order valence-corrected chi connectivity index (χ1v) is 6.68. The molecular formula is C13H24N2O3. The van der Waals surface area contributed by atoms with Gasteiger partial charge in [0.25, 0.3) is 0 Å². The Labute approximate surface area is 109 Å². The molecule has 1 amide bonds. The van der Waals surface area contributed by atoms with Crippen molar-refractivity contribution in [3.8, 4) is 0 Å². The number of carbonyl (C=O) groups excluding carboxylic acids is 2. The molecule has 18 heavy (non-hydrogen) atoms. The van der Waals surface area contributed by atoms with Crippen molar-refractivity contribution < 1.29 is 14.3 Å². The minimum absolute atomic E-state index is 0.00211. The number of hydrogen-bond donors (Lipinski definition) is 1. The first-order chi connectivity index (χ1) is 8.53. The average Bonchev–Trinajstić information content (AvgIpc) is 2.38. The minimum Gasteiger partial charge on any atom is -0.468 e. The van der Waals surface area contributed by atoms with E-state index in [4.69, 9.17) is 5.73 Å². The van der Waals surface area contributed by atoms with Crippen LogP contribution in [0, 0.1) is 0 Å². The van der Waals surface area contributed by atoms with Crippen LogP contribution in [0.4, 0.5) is 0 Å². The smallest absolute Gasteiger partial charge is 0.325 e. The van der Waals surface area contributed by atoms with Gasteiger partial charge in [-0.1, -0.05) is 26.2 Å². The minimum atomic E-state index is -0.776. The van der Waals surface area contributed by atoms with Crippen molar-refractivity contribution in [1.29, 1.82) is 0 Å². The lowest BCUT2D eigenvalue weighted by Crippen LogP contribution is -2.57. The summed E-state index contributed by atoms with van der Waals surface area (Å²) >= 11 is 0. The Bertz CT molecular complexity index is 299. The predicted octanol–water partition coefficient (Wildman–Crippen LogP) is 1.06. The molecule has 1 aliphatic carbocycles. The number of nitrogens with zero attached hydrogens (tertiary/aromatic N) is 1. The van der Waals surface area contributed by atoms with Gasteiger partial charge in [0.15, 0.2) is 0 Å². The summed E-state index contributed by atoms with van der Waals surface area (Å²) in [5.41, 5.74) is 5.43. The zero-order valence-electron chi connectivity index (χ0n) is 11.4. The molecule has 0 aromatic carbocycles. The van der Waals surface area contributed by atoms with Gasteiger partial charge in [0.1, 0.15) is 6.54 Å².